The summed E-state index contributed by atoms with van der Waals surface area (Å²) >= 11 is 0. The van der Waals surface area contributed by atoms with Crippen molar-refractivity contribution < 1.29 is 22.8 Å². The van der Waals surface area contributed by atoms with Crippen molar-refractivity contribution in [3.05, 3.63) is 34.4 Å². The molecule has 0 N–H and O–H groups in total. The SMILES string of the molecule is CC(=O)c1c(C#N)ccc(C(F)(F)F)c1C=O. The number of carbonyl (C=O) groups excluding carboxylic acids is 2. The maximum Gasteiger partial charge on any atom is 0.417 e. The predicted octanol–water partition coefficient (Wildman–Crippen LogP) is 2.59. The Bertz CT molecular complexity index is 527. The standard InChI is InChI=1S/C11H6F3NO2/c1-6(17)10-7(4-15)2-3-9(8(10)5-16)11(12,13)14/h2-3,5H,1H3. The van der Waals surface area contributed by atoms with Gasteiger partial charge in [0, 0.05) is 11.1 Å². The molecule has 0 aliphatic rings. The van der Waals surface area contributed by atoms with Crippen LogP contribution in [0, 0.1) is 11.3 Å². The van der Waals surface area contributed by atoms with Gasteiger partial charge in [-0.2, -0.15) is 18.4 Å². The van der Waals surface area contributed by atoms with Gasteiger partial charge in [0.15, 0.2) is 12.1 Å². The normalized spacial score (nSPS) is 10.8. The van der Waals surface area contributed by atoms with Crippen LogP contribution in [-0.2, 0) is 6.18 Å². The zero-order chi connectivity index (χ0) is 13.2. The van der Waals surface area contributed by atoms with E-state index in [1.54, 1.807) is 6.07 Å². The lowest BCUT2D eigenvalue weighted by molar-refractivity contribution is -0.137. The first-order valence-corrected chi connectivity index (χ1v) is 4.43. The van der Waals surface area contributed by atoms with Crippen molar-refractivity contribution >= 4 is 12.1 Å². The first kappa shape index (κ1) is 12.9. The molecule has 0 bridgehead atoms. The van der Waals surface area contributed by atoms with E-state index in [-0.39, 0.29) is 11.8 Å². The summed E-state index contributed by atoms with van der Waals surface area (Å²) in [6.07, 6.45) is -4.80. The molecule has 6 heteroatoms. The lowest BCUT2D eigenvalue weighted by atomic mass is 9.94. The van der Waals surface area contributed by atoms with Gasteiger partial charge in [0.25, 0.3) is 0 Å². The summed E-state index contributed by atoms with van der Waals surface area (Å²) in [5.41, 5.74) is -2.73. The van der Waals surface area contributed by atoms with E-state index in [9.17, 15) is 22.8 Å². The Balaban J connectivity index is 3.72. The first-order chi connectivity index (χ1) is 7.82. The number of aldehydes is 1. The van der Waals surface area contributed by atoms with Gasteiger partial charge in [0.05, 0.1) is 17.2 Å². The van der Waals surface area contributed by atoms with E-state index in [2.05, 4.69) is 0 Å². The van der Waals surface area contributed by atoms with Gasteiger partial charge in [-0.15, -0.1) is 0 Å². The zero-order valence-corrected chi connectivity index (χ0v) is 8.63. The molecule has 0 aliphatic carbocycles. The Morgan fingerprint density at radius 1 is 1.41 bits per heavy atom. The van der Waals surface area contributed by atoms with Crippen LogP contribution < -0.4 is 0 Å². The van der Waals surface area contributed by atoms with Crippen LogP contribution >= 0.6 is 0 Å². The van der Waals surface area contributed by atoms with Gasteiger partial charge in [0.2, 0.25) is 0 Å². The molecule has 0 saturated carbocycles. The van der Waals surface area contributed by atoms with Crippen LogP contribution in [0.25, 0.3) is 0 Å². The number of rotatable bonds is 2. The van der Waals surface area contributed by atoms with Gasteiger partial charge < -0.3 is 0 Å². The van der Waals surface area contributed by atoms with Crippen molar-refractivity contribution in [2.45, 2.75) is 13.1 Å². The zero-order valence-electron chi connectivity index (χ0n) is 8.63. The summed E-state index contributed by atoms with van der Waals surface area (Å²) in [5, 5.41) is 8.68. The number of Topliss-reactive ketones (excluding diaryl/α,β-unsaturated/α-hetero) is 1. The summed E-state index contributed by atoms with van der Waals surface area (Å²) in [6.45, 7) is 1.00. The number of halogens is 3. The van der Waals surface area contributed by atoms with E-state index >= 15 is 0 Å². The Hall–Kier alpha value is -2.16. The Morgan fingerprint density at radius 3 is 2.35 bits per heavy atom. The van der Waals surface area contributed by atoms with E-state index in [0.29, 0.717) is 6.07 Å². The number of ketones is 1. The van der Waals surface area contributed by atoms with Crippen molar-refractivity contribution in [1.29, 1.82) is 5.26 Å². The number of hydrogen-bond acceptors (Lipinski definition) is 3. The molecule has 0 atom stereocenters. The third-order valence-electron chi connectivity index (χ3n) is 2.14. The fourth-order valence-electron chi connectivity index (χ4n) is 1.46. The fraction of sp³-hybridized carbons (Fsp3) is 0.182. The van der Waals surface area contributed by atoms with Gasteiger partial charge in [-0.1, -0.05) is 0 Å². The quantitative estimate of drug-likeness (QED) is 0.590. The van der Waals surface area contributed by atoms with E-state index in [4.69, 9.17) is 5.26 Å². The molecule has 0 fully saturated rings. The minimum Gasteiger partial charge on any atom is -0.298 e. The van der Waals surface area contributed by atoms with Crippen LogP contribution in [0.1, 0.15) is 38.8 Å². The second-order valence-corrected chi connectivity index (χ2v) is 3.23. The first-order valence-electron chi connectivity index (χ1n) is 4.43. The van der Waals surface area contributed by atoms with Crippen molar-refractivity contribution in [3.63, 3.8) is 0 Å². The average molecular weight is 241 g/mol. The van der Waals surface area contributed by atoms with Crippen LogP contribution in [-0.4, -0.2) is 12.1 Å². The molecule has 88 valence electrons. The Labute approximate surface area is 94.5 Å². The number of benzene rings is 1. The highest BCUT2D eigenvalue weighted by molar-refractivity contribution is 6.04. The van der Waals surface area contributed by atoms with Gasteiger partial charge >= 0.3 is 6.18 Å². The van der Waals surface area contributed by atoms with E-state index in [1.165, 1.54) is 0 Å². The topological polar surface area (TPSA) is 57.9 Å². The second kappa shape index (κ2) is 4.37. The minimum absolute atomic E-state index is 0.0552. The maximum absolute atomic E-state index is 12.6. The lowest BCUT2D eigenvalue weighted by Crippen LogP contribution is -2.14. The number of nitrogens with zero attached hydrogens (tertiary/aromatic N) is 1. The fourth-order valence-corrected chi connectivity index (χ4v) is 1.46. The highest BCUT2D eigenvalue weighted by atomic mass is 19.4. The lowest BCUT2D eigenvalue weighted by Gasteiger charge is -2.12. The monoisotopic (exact) mass is 241 g/mol. The maximum atomic E-state index is 12.6. The molecular formula is C11H6F3NO2. The second-order valence-electron chi connectivity index (χ2n) is 3.23. The predicted molar refractivity (Wildman–Crippen MR) is 51.6 cm³/mol. The third kappa shape index (κ3) is 2.33. The van der Waals surface area contributed by atoms with E-state index in [0.717, 1.165) is 13.0 Å². The molecule has 0 radical (unpaired) electrons. The van der Waals surface area contributed by atoms with Crippen LogP contribution in [0.3, 0.4) is 0 Å². The van der Waals surface area contributed by atoms with Crippen LogP contribution in [0.15, 0.2) is 12.1 Å². The van der Waals surface area contributed by atoms with Crippen LogP contribution in [0.2, 0.25) is 0 Å². The molecular weight excluding hydrogens is 235 g/mol. The van der Waals surface area contributed by atoms with Crippen LogP contribution in [0.5, 0.6) is 0 Å². The van der Waals surface area contributed by atoms with E-state index in [1.807, 2.05) is 0 Å². The Morgan fingerprint density at radius 2 is 2.00 bits per heavy atom. The summed E-state index contributed by atoms with van der Waals surface area (Å²) in [4.78, 5) is 21.9. The summed E-state index contributed by atoms with van der Waals surface area (Å²) in [7, 11) is 0. The highest BCUT2D eigenvalue weighted by Crippen LogP contribution is 2.33. The molecule has 1 aromatic carbocycles. The van der Waals surface area contributed by atoms with Crippen molar-refractivity contribution in [1.82, 2.24) is 0 Å². The molecule has 0 amide bonds. The third-order valence-corrected chi connectivity index (χ3v) is 2.14. The summed E-state index contributed by atoms with van der Waals surface area (Å²) in [5.74, 6) is -0.755. The van der Waals surface area contributed by atoms with Gasteiger partial charge in [-0.05, 0) is 19.1 Å². The summed E-state index contributed by atoms with van der Waals surface area (Å²) in [6, 6.07) is 3.08. The molecule has 17 heavy (non-hydrogen) atoms. The summed E-state index contributed by atoms with van der Waals surface area (Å²) < 4.78 is 37.7. The molecule has 0 spiro atoms. The number of nitriles is 1. The molecule has 0 aromatic heterocycles. The van der Waals surface area contributed by atoms with Gasteiger partial charge in [-0.3, -0.25) is 9.59 Å². The van der Waals surface area contributed by atoms with Gasteiger partial charge in [0.1, 0.15) is 0 Å². The van der Waals surface area contributed by atoms with E-state index < -0.39 is 28.6 Å². The number of hydrogen-bond donors (Lipinski definition) is 0. The molecule has 1 aromatic rings. The molecule has 1 rings (SSSR count). The van der Waals surface area contributed by atoms with Gasteiger partial charge in [-0.25, -0.2) is 0 Å². The minimum atomic E-state index is -4.74. The highest BCUT2D eigenvalue weighted by Gasteiger charge is 2.35. The Kier molecular flexibility index (Phi) is 3.32. The van der Waals surface area contributed by atoms with Crippen molar-refractivity contribution in [2.75, 3.05) is 0 Å². The average Bonchev–Trinajstić information content (AvgIpc) is 2.25. The molecule has 0 heterocycles. The van der Waals surface area contributed by atoms with Crippen molar-refractivity contribution in [3.8, 4) is 6.07 Å². The largest absolute Gasteiger partial charge is 0.417 e. The number of carbonyl (C=O) groups is 2. The smallest absolute Gasteiger partial charge is 0.298 e. The van der Waals surface area contributed by atoms with Crippen molar-refractivity contribution in [2.24, 2.45) is 0 Å². The van der Waals surface area contributed by atoms with Crippen LogP contribution in [0.4, 0.5) is 13.2 Å². The molecule has 0 aliphatic heterocycles. The molecule has 0 saturated heterocycles. The number of alkyl halides is 3. The molecule has 0 unspecified atom stereocenters. The molecule has 3 nitrogen and oxygen atoms in total.